The normalized spacial score (nSPS) is 16.1. The minimum atomic E-state index is -0.357. The maximum atomic E-state index is 13.4. The van der Waals surface area contributed by atoms with Gasteiger partial charge in [-0.1, -0.05) is 36.4 Å². The van der Waals surface area contributed by atoms with E-state index in [1.165, 1.54) is 4.88 Å². The smallest absolute Gasteiger partial charge is 0.259 e. The molecule has 0 spiro atoms. The van der Waals surface area contributed by atoms with Gasteiger partial charge in [-0.3, -0.25) is 9.69 Å². The molecule has 4 aromatic rings. The standard InChI is InChI=1S/C28H28N2O3S/c1-18-11-12-25(33-2)23(15-18)29-28(32)21-16-19-7-3-4-8-20(19)22(27(21)31)17-30-13-5-9-24(30)26-10-6-14-34-26/h3-4,6-8,10-12,14-16,24,31H,5,9,13,17H2,1-2H3,(H,29,32). The second-order valence-corrected chi connectivity index (χ2v) is 9.75. The number of thiophene rings is 1. The predicted molar refractivity (Wildman–Crippen MR) is 138 cm³/mol. The molecule has 0 bridgehead atoms. The number of methoxy groups -OCH3 is 1. The molecule has 1 aliphatic heterocycles. The fraction of sp³-hybridized carbons (Fsp3) is 0.250. The van der Waals surface area contributed by atoms with E-state index in [-0.39, 0.29) is 17.2 Å². The number of nitrogens with one attached hydrogen (secondary N) is 1. The van der Waals surface area contributed by atoms with Crippen molar-refractivity contribution >= 4 is 33.7 Å². The highest BCUT2D eigenvalue weighted by molar-refractivity contribution is 7.10. The van der Waals surface area contributed by atoms with E-state index >= 15 is 0 Å². The van der Waals surface area contributed by atoms with Gasteiger partial charge in [0.05, 0.1) is 18.4 Å². The molecule has 2 heterocycles. The fourth-order valence-corrected chi connectivity index (χ4v) is 5.77. The Morgan fingerprint density at radius 1 is 1.18 bits per heavy atom. The van der Waals surface area contributed by atoms with Crippen molar-refractivity contribution in [1.29, 1.82) is 0 Å². The zero-order valence-corrected chi connectivity index (χ0v) is 20.2. The summed E-state index contributed by atoms with van der Waals surface area (Å²) in [6, 6.07) is 20.0. The number of aromatic hydroxyl groups is 1. The first-order chi connectivity index (χ1) is 16.5. The van der Waals surface area contributed by atoms with Gasteiger partial charge < -0.3 is 15.2 Å². The highest BCUT2D eigenvalue weighted by Crippen LogP contribution is 2.39. The van der Waals surface area contributed by atoms with Crippen LogP contribution in [0.3, 0.4) is 0 Å². The molecule has 2 N–H and O–H groups in total. The quantitative estimate of drug-likeness (QED) is 0.336. The zero-order valence-electron chi connectivity index (χ0n) is 19.4. The Labute approximate surface area is 203 Å². The Bertz CT molecular complexity index is 1330. The van der Waals surface area contributed by atoms with Crippen LogP contribution < -0.4 is 10.1 Å². The molecule has 174 valence electrons. The monoisotopic (exact) mass is 472 g/mol. The maximum Gasteiger partial charge on any atom is 0.259 e. The third-order valence-corrected chi connectivity index (χ3v) is 7.54. The molecule has 1 amide bonds. The lowest BCUT2D eigenvalue weighted by Crippen LogP contribution is -2.23. The summed E-state index contributed by atoms with van der Waals surface area (Å²) >= 11 is 1.78. The van der Waals surface area contributed by atoms with Gasteiger partial charge in [-0.2, -0.15) is 0 Å². The zero-order chi connectivity index (χ0) is 23.7. The number of benzene rings is 3. The van der Waals surface area contributed by atoms with Gasteiger partial charge in [0.15, 0.2) is 0 Å². The summed E-state index contributed by atoms with van der Waals surface area (Å²) in [4.78, 5) is 17.1. The average Bonchev–Trinajstić information content (AvgIpc) is 3.52. The highest BCUT2D eigenvalue weighted by atomic mass is 32.1. The summed E-state index contributed by atoms with van der Waals surface area (Å²) in [6.45, 7) is 3.51. The van der Waals surface area contributed by atoms with Crippen LogP contribution in [0.15, 0.2) is 66.0 Å². The van der Waals surface area contributed by atoms with Crippen molar-refractivity contribution in [3.8, 4) is 11.5 Å². The number of amides is 1. The summed E-state index contributed by atoms with van der Waals surface area (Å²) in [5, 5.41) is 18.3. The summed E-state index contributed by atoms with van der Waals surface area (Å²) in [5.74, 6) is 0.264. The number of fused-ring (bicyclic) bond motifs is 1. The number of nitrogens with zero attached hydrogens (tertiary/aromatic N) is 1. The van der Waals surface area contributed by atoms with Crippen LogP contribution in [0.4, 0.5) is 5.69 Å². The van der Waals surface area contributed by atoms with Gasteiger partial charge in [0.1, 0.15) is 11.5 Å². The molecule has 5 nitrogen and oxygen atoms in total. The molecule has 34 heavy (non-hydrogen) atoms. The van der Waals surface area contributed by atoms with Gasteiger partial charge in [-0.25, -0.2) is 0 Å². The van der Waals surface area contributed by atoms with E-state index in [0.717, 1.165) is 41.3 Å². The van der Waals surface area contributed by atoms with Gasteiger partial charge in [0.2, 0.25) is 0 Å². The second-order valence-electron chi connectivity index (χ2n) is 8.77. The van der Waals surface area contributed by atoms with Crippen LogP contribution >= 0.6 is 11.3 Å². The van der Waals surface area contributed by atoms with Crippen LogP contribution in [-0.2, 0) is 6.54 Å². The van der Waals surface area contributed by atoms with Gasteiger partial charge in [0.25, 0.3) is 5.91 Å². The maximum absolute atomic E-state index is 13.4. The number of ether oxygens (including phenoxy) is 1. The van der Waals surface area contributed by atoms with Crippen molar-refractivity contribution in [2.75, 3.05) is 19.0 Å². The van der Waals surface area contributed by atoms with Crippen LogP contribution in [0.2, 0.25) is 0 Å². The molecule has 1 saturated heterocycles. The topological polar surface area (TPSA) is 61.8 Å². The number of anilines is 1. The summed E-state index contributed by atoms with van der Waals surface area (Å²) in [6.07, 6.45) is 2.22. The number of carbonyl (C=O) groups excluding carboxylic acids is 1. The van der Waals surface area contributed by atoms with Crippen molar-refractivity contribution in [3.63, 3.8) is 0 Å². The first-order valence-electron chi connectivity index (χ1n) is 11.5. The third kappa shape index (κ3) is 4.27. The molecule has 1 fully saturated rings. The lowest BCUT2D eigenvalue weighted by Gasteiger charge is -2.25. The summed E-state index contributed by atoms with van der Waals surface area (Å²) in [7, 11) is 1.58. The van der Waals surface area contributed by atoms with Crippen molar-refractivity contribution < 1.29 is 14.6 Å². The highest BCUT2D eigenvalue weighted by Gasteiger charge is 2.29. The molecule has 1 unspecified atom stereocenters. The van der Waals surface area contributed by atoms with E-state index in [2.05, 4.69) is 27.7 Å². The van der Waals surface area contributed by atoms with Gasteiger partial charge in [-0.05, 0) is 72.3 Å². The number of rotatable bonds is 6. The van der Waals surface area contributed by atoms with E-state index in [1.807, 2.05) is 49.4 Å². The Kier molecular flexibility index (Phi) is 6.26. The lowest BCUT2D eigenvalue weighted by molar-refractivity contribution is 0.102. The predicted octanol–water partition coefficient (Wildman–Crippen LogP) is 6.51. The van der Waals surface area contributed by atoms with Crippen molar-refractivity contribution in [2.45, 2.75) is 32.4 Å². The minimum absolute atomic E-state index is 0.0413. The molecule has 0 aliphatic carbocycles. The molecule has 1 aromatic heterocycles. The molecule has 3 aromatic carbocycles. The van der Waals surface area contributed by atoms with Crippen LogP contribution in [0.5, 0.6) is 11.5 Å². The number of likely N-dealkylation sites (tertiary alicyclic amines) is 1. The van der Waals surface area contributed by atoms with Crippen LogP contribution in [0.25, 0.3) is 10.8 Å². The largest absolute Gasteiger partial charge is 0.507 e. The Hall–Kier alpha value is -3.35. The number of carbonyl (C=O) groups is 1. The fourth-order valence-electron chi connectivity index (χ4n) is 4.88. The molecular weight excluding hydrogens is 444 g/mol. The first-order valence-corrected chi connectivity index (χ1v) is 12.4. The Morgan fingerprint density at radius 2 is 2.03 bits per heavy atom. The van der Waals surface area contributed by atoms with E-state index < -0.39 is 0 Å². The third-order valence-electron chi connectivity index (χ3n) is 6.57. The lowest BCUT2D eigenvalue weighted by atomic mass is 9.98. The van der Waals surface area contributed by atoms with Crippen molar-refractivity contribution in [1.82, 2.24) is 4.90 Å². The minimum Gasteiger partial charge on any atom is -0.507 e. The summed E-state index contributed by atoms with van der Waals surface area (Å²) < 4.78 is 5.41. The van der Waals surface area contributed by atoms with E-state index in [9.17, 15) is 9.90 Å². The van der Waals surface area contributed by atoms with Crippen LogP contribution in [0.1, 0.15) is 45.2 Å². The summed E-state index contributed by atoms with van der Waals surface area (Å²) in [5.41, 5.74) is 2.65. The number of phenolic OH excluding ortho intramolecular Hbond substituents is 1. The van der Waals surface area contributed by atoms with Gasteiger partial charge in [-0.15, -0.1) is 11.3 Å². The van der Waals surface area contributed by atoms with Crippen molar-refractivity contribution in [3.05, 3.63) is 87.6 Å². The molecule has 1 aliphatic rings. The number of hydrogen-bond donors (Lipinski definition) is 2. The second kappa shape index (κ2) is 9.49. The molecule has 1 atom stereocenters. The van der Waals surface area contributed by atoms with E-state index in [0.29, 0.717) is 24.0 Å². The molecule has 6 heteroatoms. The van der Waals surface area contributed by atoms with E-state index in [1.54, 1.807) is 24.5 Å². The van der Waals surface area contributed by atoms with Gasteiger partial charge in [0, 0.05) is 23.0 Å². The number of hydrogen-bond acceptors (Lipinski definition) is 5. The average molecular weight is 473 g/mol. The molecule has 5 rings (SSSR count). The Balaban J connectivity index is 1.52. The SMILES string of the molecule is COc1ccc(C)cc1NC(=O)c1cc2ccccc2c(CN2CCCC2c2cccs2)c1O. The number of aryl methyl sites for hydroxylation is 1. The van der Waals surface area contributed by atoms with Crippen molar-refractivity contribution in [2.24, 2.45) is 0 Å². The Morgan fingerprint density at radius 3 is 2.82 bits per heavy atom. The molecule has 0 radical (unpaired) electrons. The van der Waals surface area contributed by atoms with Crippen LogP contribution in [-0.4, -0.2) is 29.6 Å². The van der Waals surface area contributed by atoms with E-state index in [4.69, 9.17) is 4.74 Å². The molecule has 0 saturated carbocycles. The number of phenols is 1. The van der Waals surface area contributed by atoms with Crippen LogP contribution in [0, 0.1) is 6.92 Å². The first kappa shape index (κ1) is 22.4. The molecular formula is C28H28N2O3S. The van der Waals surface area contributed by atoms with Gasteiger partial charge >= 0.3 is 0 Å².